The maximum atomic E-state index is 14.0. The van der Waals surface area contributed by atoms with Crippen molar-refractivity contribution in [2.45, 2.75) is 25.3 Å². The van der Waals surface area contributed by atoms with Crippen LogP contribution in [0.15, 0.2) is 72.8 Å². The Hall–Kier alpha value is -4.17. The van der Waals surface area contributed by atoms with Gasteiger partial charge in [0.05, 0.1) is 11.6 Å². The molecule has 5 N–H and O–H groups in total. The minimum atomic E-state index is -0.460. The first kappa shape index (κ1) is 23.6. The number of nitrogens with one attached hydrogen (secondary N) is 3. The first-order valence-electron chi connectivity index (χ1n) is 11.5. The average molecular weight is 503 g/mol. The van der Waals surface area contributed by atoms with Crippen molar-refractivity contribution in [1.29, 1.82) is 0 Å². The molecule has 0 fully saturated rings. The second-order valence-electron chi connectivity index (χ2n) is 8.56. The zero-order chi connectivity index (χ0) is 25.1. The van der Waals surface area contributed by atoms with Crippen LogP contribution in [0.5, 0.6) is 0 Å². The summed E-state index contributed by atoms with van der Waals surface area (Å²) in [7, 11) is 0. The summed E-state index contributed by atoms with van der Waals surface area (Å²) in [6.07, 6.45) is 0.950. The Balaban J connectivity index is 1.40. The molecule has 0 saturated carbocycles. The number of aromatic nitrogens is 4. The van der Waals surface area contributed by atoms with E-state index < -0.39 is 6.04 Å². The van der Waals surface area contributed by atoms with Crippen molar-refractivity contribution < 1.29 is 9.18 Å². The number of imidazole rings is 1. The van der Waals surface area contributed by atoms with Crippen molar-refractivity contribution in [2.75, 3.05) is 5.73 Å². The Kier molecular flexibility index (Phi) is 6.69. The number of rotatable bonds is 8. The number of H-pyrrole nitrogens is 2. The maximum Gasteiger partial charge on any atom is 0.220 e. The van der Waals surface area contributed by atoms with Crippen LogP contribution in [0.4, 0.5) is 10.2 Å². The topological polar surface area (TPSA) is 112 Å². The Morgan fingerprint density at radius 3 is 2.67 bits per heavy atom. The fourth-order valence-electron chi connectivity index (χ4n) is 4.20. The average Bonchev–Trinajstić information content (AvgIpc) is 3.46. The van der Waals surface area contributed by atoms with Crippen LogP contribution in [0.25, 0.3) is 22.2 Å². The summed E-state index contributed by atoms with van der Waals surface area (Å²) in [6, 6.07) is 21.4. The van der Waals surface area contributed by atoms with E-state index in [0.29, 0.717) is 40.9 Å². The van der Waals surface area contributed by atoms with Gasteiger partial charge in [0.2, 0.25) is 5.91 Å². The molecule has 182 valence electrons. The number of halogens is 2. The van der Waals surface area contributed by atoms with E-state index >= 15 is 0 Å². The number of nitrogens with zero attached hydrogens (tertiary/aromatic N) is 2. The number of hydrogen-bond acceptors (Lipinski definition) is 4. The summed E-state index contributed by atoms with van der Waals surface area (Å²) < 4.78 is 14.0. The van der Waals surface area contributed by atoms with Gasteiger partial charge < -0.3 is 16.0 Å². The number of aromatic amines is 2. The Bertz CT molecular complexity index is 1510. The Morgan fingerprint density at radius 2 is 1.86 bits per heavy atom. The molecule has 0 spiro atoms. The van der Waals surface area contributed by atoms with Crippen LogP contribution in [0, 0.1) is 5.82 Å². The summed E-state index contributed by atoms with van der Waals surface area (Å²) in [4.78, 5) is 20.8. The van der Waals surface area contributed by atoms with Crippen LogP contribution < -0.4 is 11.1 Å². The Morgan fingerprint density at radius 1 is 1.08 bits per heavy atom. The summed E-state index contributed by atoms with van der Waals surface area (Å²) in [5, 5.41) is 11.2. The lowest BCUT2D eigenvalue weighted by Crippen LogP contribution is -2.31. The van der Waals surface area contributed by atoms with Crippen LogP contribution in [-0.2, 0) is 17.6 Å². The van der Waals surface area contributed by atoms with Crippen molar-refractivity contribution in [3.63, 3.8) is 0 Å². The molecular formula is C27H24ClFN6O. The van der Waals surface area contributed by atoms with E-state index in [4.69, 9.17) is 22.3 Å². The van der Waals surface area contributed by atoms with Gasteiger partial charge >= 0.3 is 0 Å². The molecule has 1 amide bonds. The number of carbonyl (C=O) groups is 1. The lowest BCUT2D eigenvalue weighted by molar-refractivity contribution is -0.121. The highest BCUT2D eigenvalue weighted by atomic mass is 35.5. The van der Waals surface area contributed by atoms with Gasteiger partial charge in [-0.25, -0.2) is 9.37 Å². The van der Waals surface area contributed by atoms with Gasteiger partial charge in [0.15, 0.2) is 5.82 Å². The fraction of sp³-hybridized carbons (Fsp3) is 0.148. The molecule has 5 rings (SSSR count). The number of carbonyl (C=O) groups excluding carboxylic acids is 1. The number of nitrogens with two attached hydrogens (primary N) is 1. The number of fused-ring (bicyclic) bond motifs is 1. The molecule has 1 atom stereocenters. The molecule has 5 aromatic rings. The van der Waals surface area contributed by atoms with Crippen molar-refractivity contribution >= 4 is 34.2 Å². The van der Waals surface area contributed by atoms with E-state index in [9.17, 15) is 9.18 Å². The molecule has 3 aromatic carbocycles. The van der Waals surface area contributed by atoms with Crippen LogP contribution >= 0.6 is 11.6 Å². The number of anilines is 1. The van der Waals surface area contributed by atoms with Crippen LogP contribution in [0.3, 0.4) is 0 Å². The summed E-state index contributed by atoms with van der Waals surface area (Å²) in [5.74, 6) is 0.431. The highest BCUT2D eigenvalue weighted by Gasteiger charge is 2.22. The third-order valence-corrected chi connectivity index (χ3v) is 6.34. The van der Waals surface area contributed by atoms with Gasteiger partial charge in [-0.3, -0.25) is 9.89 Å². The van der Waals surface area contributed by atoms with E-state index in [0.717, 1.165) is 22.0 Å². The van der Waals surface area contributed by atoms with E-state index in [2.05, 4.69) is 20.5 Å². The SMILES string of the molecule is Nc1n[nH]c2cc(-c3nc([C@H](Cc4ccccc4)NC(=O)CCc4ccccc4F)[nH]c3Cl)ccc12. The molecule has 2 heterocycles. The number of nitrogen functional groups attached to an aromatic ring is 1. The highest BCUT2D eigenvalue weighted by Crippen LogP contribution is 2.31. The van der Waals surface area contributed by atoms with Crippen molar-refractivity contribution in [2.24, 2.45) is 0 Å². The second-order valence-corrected chi connectivity index (χ2v) is 8.93. The zero-order valence-electron chi connectivity index (χ0n) is 19.3. The molecule has 9 heteroatoms. The smallest absolute Gasteiger partial charge is 0.220 e. The van der Waals surface area contributed by atoms with Crippen molar-refractivity contribution in [1.82, 2.24) is 25.5 Å². The molecule has 0 bridgehead atoms. The lowest BCUT2D eigenvalue weighted by Gasteiger charge is -2.17. The summed E-state index contributed by atoms with van der Waals surface area (Å²) >= 11 is 6.56. The lowest BCUT2D eigenvalue weighted by atomic mass is 10.0. The maximum absolute atomic E-state index is 14.0. The van der Waals surface area contributed by atoms with Gasteiger partial charge in [-0.05, 0) is 42.2 Å². The number of hydrogen-bond donors (Lipinski definition) is 4. The minimum absolute atomic E-state index is 0.144. The standard InChI is InChI=1S/C27H24ClFN6O/c28-25-24(18-10-12-19-21(15-18)34-35-26(19)30)32-27(33-25)22(14-16-6-2-1-3-7-16)31-23(36)13-11-17-8-4-5-9-20(17)29/h1-10,12,15,22H,11,13-14H2,(H,31,36)(H,32,33)(H3,30,34,35)/t22-/m0/s1. The van der Waals surface area contributed by atoms with Gasteiger partial charge in [-0.15, -0.1) is 0 Å². The number of benzene rings is 3. The van der Waals surface area contributed by atoms with Crippen LogP contribution in [-0.4, -0.2) is 26.1 Å². The monoisotopic (exact) mass is 502 g/mol. The predicted octanol–water partition coefficient (Wildman–Crippen LogP) is 5.36. The minimum Gasteiger partial charge on any atom is -0.382 e. The quantitative estimate of drug-likeness (QED) is 0.229. The zero-order valence-corrected chi connectivity index (χ0v) is 20.0. The Labute approximate surface area is 211 Å². The largest absolute Gasteiger partial charge is 0.382 e. The summed E-state index contributed by atoms with van der Waals surface area (Å²) in [6.45, 7) is 0. The van der Waals surface area contributed by atoms with Gasteiger partial charge in [0.1, 0.15) is 22.5 Å². The first-order chi connectivity index (χ1) is 17.5. The van der Waals surface area contributed by atoms with Crippen molar-refractivity contribution in [3.8, 4) is 11.3 Å². The molecule has 36 heavy (non-hydrogen) atoms. The normalized spacial score (nSPS) is 12.1. The molecule has 0 unspecified atom stereocenters. The molecule has 0 aliphatic rings. The third kappa shape index (κ3) is 5.08. The van der Waals surface area contributed by atoms with Gasteiger partial charge in [-0.1, -0.05) is 66.2 Å². The second kappa shape index (κ2) is 10.2. The van der Waals surface area contributed by atoms with E-state index in [1.54, 1.807) is 18.2 Å². The molecule has 2 aromatic heterocycles. The number of amides is 1. The molecular weight excluding hydrogens is 479 g/mol. The van der Waals surface area contributed by atoms with E-state index in [-0.39, 0.29) is 18.1 Å². The summed E-state index contributed by atoms with van der Waals surface area (Å²) in [5.41, 5.74) is 9.52. The van der Waals surface area contributed by atoms with Crippen LogP contribution in [0.2, 0.25) is 5.15 Å². The molecule has 0 aliphatic carbocycles. The van der Waals surface area contributed by atoms with Gasteiger partial charge in [0, 0.05) is 17.4 Å². The molecule has 7 nitrogen and oxygen atoms in total. The molecule has 0 radical (unpaired) electrons. The van der Waals surface area contributed by atoms with Gasteiger partial charge in [0.25, 0.3) is 0 Å². The van der Waals surface area contributed by atoms with Crippen LogP contribution in [0.1, 0.15) is 29.4 Å². The fourth-order valence-corrected chi connectivity index (χ4v) is 4.44. The highest BCUT2D eigenvalue weighted by molar-refractivity contribution is 6.32. The third-order valence-electron chi connectivity index (χ3n) is 6.07. The van der Waals surface area contributed by atoms with E-state index in [1.165, 1.54) is 6.07 Å². The first-order valence-corrected chi connectivity index (χ1v) is 11.9. The van der Waals surface area contributed by atoms with Gasteiger partial charge in [-0.2, -0.15) is 5.10 Å². The van der Waals surface area contributed by atoms with Crippen molar-refractivity contribution in [3.05, 3.63) is 101 Å². The molecule has 0 aliphatic heterocycles. The van der Waals surface area contributed by atoms with E-state index in [1.807, 2.05) is 48.5 Å². The molecule has 0 saturated heterocycles. The predicted molar refractivity (Wildman–Crippen MR) is 139 cm³/mol. The number of aryl methyl sites for hydroxylation is 1.